The van der Waals surface area contributed by atoms with E-state index < -0.39 is 37.9 Å². The van der Waals surface area contributed by atoms with Gasteiger partial charge in [-0.15, -0.1) is 0 Å². The molecule has 152 valence electrons. The number of imidazole rings is 1. The van der Waals surface area contributed by atoms with Crippen molar-refractivity contribution in [2.24, 2.45) is 0 Å². The number of hydrogen-bond donors (Lipinski definition) is 3. The number of phosphoric ester groups is 1. The van der Waals surface area contributed by atoms with Crippen LogP contribution >= 0.6 is 7.82 Å². The molecule has 2 saturated heterocycles. The lowest BCUT2D eigenvalue weighted by atomic mass is 10.1. The van der Waals surface area contributed by atoms with Crippen molar-refractivity contribution in [2.45, 2.75) is 24.5 Å². The highest BCUT2D eigenvalue weighted by Crippen LogP contribution is 2.50. The van der Waals surface area contributed by atoms with Crippen molar-refractivity contribution in [1.29, 1.82) is 0 Å². The van der Waals surface area contributed by atoms with Gasteiger partial charge in [0.1, 0.15) is 24.1 Å². The zero-order valence-electron chi connectivity index (χ0n) is 14.7. The Morgan fingerprint density at radius 1 is 1.31 bits per heavy atom. The Balaban J connectivity index is 1.70. The summed E-state index contributed by atoms with van der Waals surface area (Å²) >= 11 is 0. The maximum atomic E-state index is 12.4. The zero-order chi connectivity index (χ0) is 20.3. The first-order chi connectivity index (χ1) is 13.8. The fourth-order valence-electron chi connectivity index (χ4n) is 3.57. The van der Waals surface area contributed by atoms with Crippen LogP contribution in [0, 0.1) is 0 Å². The lowest BCUT2D eigenvalue weighted by molar-refractivity contribution is -0.245. The standard InChI is InChI=1S/C16H16N5O7P/c17-16-19-13-9(14(23)20-16)18-12(7-4-2-1-3-5-7)21(13)15-10(22)11-8(27-15)6-26-29(24,25)28-11/h1-5,8,10-11,15,22H,6H2,(H,24,25)(H3,17,19,20,23)/p-1/t8?,10?,11-,15-/m1/s1. The van der Waals surface area contributed by atoms with Crippen molar-refractivity contribution in [2.75, 3.05) is 12.3 Å². The highest BCUT2D eigenvalue weighted by molar-refractivity contribution is 7.45. The van der Waals surface area contributed by atoms with E-state index in [9.17, 15) is 19.4 Å². The molecule has 0 aliphatic carbocycles. The number of phosphoric acid groups is 1. The van der Waals surface area contributed by atoms with Crippen LogP contribution in [0.5, 0.6) is 0 Å². The quantitative estimate of drug-likeness (QED) is 0.458. The maximum Gasteiger partial charge on any atom is 0.280 e. The van der Waals surface area contributed by atoms with E-state index in [0.29, 0.717) is 5.56 Å². The fraction of sp³-hybridized carbons (Fsp3) is 0.312. The summed E-state index contributed by atoms with van der Waals surface area (Å²) in [6, 6.07) is 8.89. The second-order valence-electron chi connectivity index (χ2n) is 6.66. The molecule has 2 aliphatic heterocycles. The number of H-pyrrole nitrogens is 1. The van der Waals surface area contributed by atoms with E-state index in [4.69, 9.17) is 15.0 Å². The number of nitrogens with one attached hydrogen (secondary N) is 1. The van der Waals surface area contributed by atoms with Gasteiger partial charge in [0.15, 0.2) is 17.4 Å². The van der Waals surface area contributed by atoms with Gasteiger partial charge in [0.2, 0.25) is 5.95 Å². The highest BCUT2D eigenvalue weighted by Gasteiger charge is 2.51. The van der Waals surface area contributed by atoms with Crippen LogP contribution in [0.1, 0.15) is 6.23 Å². The molecule has 13 heteroatoms. The van der Waals surface area contributed by atoms with Gasteiger partial charge in [-0.1, -0.05) is 30.3 Å². The molecule has 0 radical (unpaired) electrons. The molecule has 4 heterocycles. The third-order valence-electron chi connectivity index (χ3n) is 4.81. The topological polar surface area (TPSA) is 178 Å². The van der Waals surface area contributed by atoms with Gasteiger partial charge in [-0.05, 0) is 0 Å². The predicted octanol–water partition coefficient (Wildman–Crippen LogP) is -0.489. The number of fused-ring (bicyclic) bond motifs is 2. The van der Waals surface area contributed by atoms with Gasteiger partial charge < -0.3 is 29.5 Å². The number of benzene rings is 1. The Morgan fingerprint density at radius 2 is 2.07 bits per heavy atom. The lowest BCUT2D eigenvalue weighted by Crippen LogP contribution is -2.41. The second-order valence-corrected chi connectivity index (χ2v) is 8.03. The molecular formula is C16H15N5O7P-. The van der Waals surface area contributed by atoms with Crippen LogP contribution in [0.4, 0.5) is 5.95 Å². The molecule has 1 aromatic carbocycles. The second kappa shape index (κ2) is 6.46. The molecule has 2 aliphatic rings. The van der Waals surface area contributed by atoms with E-state index >= 15 is 0 Å². The van der Waals surface area contributed by atoms with E-state index in [1.54, 1.807) is 24.3 Å². The molecule has 0 spiro atoms. The number of nitrogen functional groups attached to an aromatic ring is 1. The SMILES string of the molecule is Nc1nc2c(nc(-c3ccccc3)n2[C@@H]2OC3COP(=O)([O-])O[C@H]3C2O)c(=O)[nH]1. The number of aromatic amines is 1. The van der Waals surface area contributed by atoms with Gasteiger partial charge in [0, 0.05) is 5.56 Å². The average Bonchev–Trinajstić information content (AvgIpc) is 3.20. The van der Waals surface area contributed by atoms with Crippen molar-refractivity contribution in [3.8, 4) is 11.4 Å². The molecule has 12 nitrogen and oxygen atoms in total. The van der Waals surface area contributed by atoms with Gasteiger partial charge in [-0.3, -0.25) is 18.9 Å². The third-order valence-corrected chi connectivity index (χ3v) is 5.78. The molecule has 0 amide bonds. The number of nitrogens with two attached hydrogens (primary N) is 1. The lowest BCUT2D eigenvalue weighted by Gasteiger charge is -2.34. The Labute approximate surface area is 162 Å². The first-order valence-electron chi connectivity index (χ1n) is 8.65. The van der Waals surface area contributed by atoms with Crippen LogP contribution in [-0.2, 0) is 18.3 Å². The van der Waals surface area contributed by atoms with Gasteiger partial charge >= 0.3 is 0 Å². The molecule has 2 fully saturated rings. The van der Waals surface area contributed by atoms with Crippen molar-refractivity contribution in [3.05, 3.63) is 40.7 Å². The molecule has 3 unspecified atom stereocenters. The van der Waals surface area contributed by atoms with Crippen LogP contribution in [0.25, 0.3) is 22.6 Å². The number of hydrogen-bond acceptors (Lipinski definition) is 10. The summed E-state index contributed by atoms with van der Waals surface area (Å²) in [5, 5.41) is 10.8. The first kappa shape index (κ1) is 18.4. The minimum atomic E-state index is -4.54. The molecule has 29 heavy (non-hydrogen) atoms. The first-order valence-corrected chi connectivity index (χ1v) is 10.1. The van der Waals surface area contributed by atoms with Gasteiger partial charge in [-0.2, -0.15) is 4.98 Å². The van der Waals surface area contributed by atoms with Crippen LogP contribution in [-0.4, -0.2) is 49.5 Å². The summed E-state index contributed by atoms with van der Waals surface area (Å²) < 4.78 is 28.5. The Hall–Kier alpha value is -2.60. The van der Waals surface area contributed by atoms with Crippen LogP contribution in [0.3, 0.4) is 0 Å². The zero-order valence-corrected chi connectivity index (χ0v) is 15.6. The molecule has 5 atom stereocenters. The predicted molar refractivity (Wildman–Crippen MR) is 96.3 cm³/mol. The van der Waals surface area contributed by atoms with E-state index in [0.717, 1.165) is 0 Å². The van der Waals surface area contributed by atoms with Crippen molar-refractivity contribution >= 4 is 24.9 Å². The number of aliphatic hydroxyl groups excluding tert-OH is 1. The van der Waals surface area contributed by atoms with Gasteiger partial charge in [-0.25, -0.2) is 4.98 Å². The number of ether oxygens (including phenoxy) is 1. The average molecular weight is 420 g/mol. The summed E-state index contributed by atoms with van der Waals surface area (Å²) in [4.78, 5) is 34.9. The smallest absolute Gasteiger partial charge is 0.280 e. The van der Waals surface area contributed by atoms with Crippen molar-refractivity contribution in [3.63, 3.8) is 0 Å². The highest BCUT2D eigenvalue weighted by atomic mass is 31.2. The third kappa shape index (κ3) is 2.97. The molecule has 5 rings (SSSR count). The van der Waals surface area contributed by atoms with Gasteiger partial charge in [0.05, 0.1) is 6.61 Å². The summed E-state index contributed by atoms with van der Waals surface area (Å²) in [6.07, 6.45) is -4.54. The van der Waals surface area contributed by atoms with Crippen LogP contribution < -0.4 is 16.2 Å². The minimum absolute atomic E-state index is 0.00427. The number of aliphatic hydroxyl groups is 1. The van der Waals surface area contributed by atoms with Gasteiger partial charge in [0.25, 0.3) is 13.4 Å². The van der Waals surface area contributed by atoms with Crippen molar-refractivity contribution < 1.29 is 28.3 Å². The number of aromatic nitrogens is 4. The summed E-state index contributed by atoms with van der Waals surface area (Å²) in [5.74, 6) is 0.148. The molecule has 0 saturated carbocycles. The Bertz CT molecular complexity index is 1200. The number of nitrogens with zero attached hydrogens (tertiary/aromatic N) is 3. The Kier molecular flexibility index (Phi) is 4.10. The summed E-state index contributed by atoms with van der Waals surface area (Å²) in [5.41, 5.74) is 5.84. The largest absolute Gasteiger partial charge is 0.756 e. The van der Waals surface area contributed by atoms with E-state index in [1.165, 1.54) is 4.57 Å². The van der Waals surface area contributed by atoms with E-state index in [2.05, 4.69) is 19.5 Å². The molecule has 4 N–H and O–H groups in total. The summed E-state index contributed by atoms with van der Waals surface area (Å²) in [7, 11) is -4.54. The molecule has 3 aromatic rings. The van der Waals surface area contributed by atoms with Crippen LogP contribution in [0.15, 0.2) is 35.1 Å². The Morgan fingerprint density at radius 3 is 2.83 bits per heavy atom. The minimum Gasteiger partial charge on any atom is -0.756 e. The normalized spacial score (nSPS) is 31.8. The summed E-state index contributed by atoms with van der Waals surface area (Å²) in [6.45, 7) is -0.303. The monoisotopic (exact) mass is 420 g/mol. The molecule has 0 bridgehead atoms. The molecular weight excluding hydrogens is 405 g/mol. The van der Waals surface area contributed by atoms with E-state index in [1.807, 2.05) is 6.07 Å². The number of anilines is 1. The van der Waals surface area contributed by atoms with Crippen LogP contribution in [0.2, 0.25) is 0 Å². The fourth-order valence-corrected chi connectivity index (χ4v) is 4.52. The number of rotatable bonds is 2. The van der Waals surface area contributed by atoms with Crippen molar-refractivity contribution in [1.82, 2.24) is 19.5 Å². The van der Waals surface area contributed by atoms with E-state index in [-0.39, 0.29) is 29.5 Å². The maximum absolute atomic E-state index is 12.4. The molecule has 2 aromatic heterocycles.